The fourth-order valence-electron chi connectivity index (χ4n) is 5.12. The Hall–Kier alpha value is -3.84. The van der Waals surface area contributed by atoms with Crippen molar-refractivity contribution in [2.45, 2.75) is 45.9 Å². The first kappa shape index (κ1) is 24.8. The summed E-state index contributed by atoms with van der Waals surface area (Å²) in [7, 11) is 1.68. The van der Waals surface area contributed by atoms with Crippen LogP contribution in [0.15, 0.2) is 79.0 Å². The molecule has 1 aliphatic rings. The molecule has 0 aliphatic carbocycles. The van der Waals surface area contributed by atoms with Crippen LogP contribution in [0.4, 0.5) is 5.69 Å². The molecular weight excluding hydrogens is 480 g/mol. The number of hydrogen-bond donors (Lipinski definition) is 1. The van der Waals surface area contributed by atoms with Gasteiger partial charge in [0.05, 0.1) is 31.0 Å². The Balaban J connectivity index is 1.61. The quantitative estimate of drug-likeness (QED) is 0.287. The molecule has 0 saturated carbocycles. The molecule has 1 saturated heterocycles. The summed E-state index contributed by atoms with van der Waals surface area (Å²) < 4.78 is 13.5. The van der Waals surface area contributed by atoms with Gasteiger partial charge >= 0.3 is 0 Å². The maximum atomic E-state index is 5.92. The Morgan fingerprint density at radius 2 is 1.59 bits per heavy atom. The van der Waals surface area contributed by atoms with Crippen LogP contribution in [-0.2, 0) is 0 Å². The second kappa shape index (κ2) is 10.3. The van der Waals surface area contributed by atoms with Gasteiger partial charge in [-0.3, -0.25) is 4.98 Å². The van der Waals surface area contributed by atoms with E-state index >= 15 is 0 Å². The molecule has 0 bridgehead atoms. The van der Waals surface area contributed by atoms with E-state index in [1.807, 2.05) is 56.4 Å². The van der Waals surface area contributed by atoms with Gasteiger partial charge < -0.3 is 24.3 Å². The van der Waals surface area contributed by atoms with Gasteiger partial charge in [0, 0.05) is 29.0 Å². The van der Waals surface area contributed by atoms with E-state index in [9.17, 15) is 0 Å². The first-order valence-corrected chi connectivity index (χ1v) is 12.9. The van der Waals surface area contributed by atoms with E-state index < -0.39 is 0 Å². The van der Waals surface area contributed by atoms with Crippen molar-refractivity contribution in [2.24, 2.45) is 0 Å². The molecule has 7 heteroatoms. The summed E-state index contributed by atoms with van der Waals surface area (Å²) in [6, 6.07) is 24.4. The van der Waals surface area contributed by atoms with Crippen molar-refractivity contribution in [1.29, 1.82) is 0 Å². The highest BCUT2D eigenvalue weighted by atomic mass is 32.1. The topological polar surface area (TPSA) is 51.5 Å². The van der Waals surface area contributed by atoms with Gasteiger partial charge in [0.2, 0.25) is 0 Å². The molecule has 0 amide bonds. The third kappa shape index (κ3) is 4.79. The molecule has 5 rings (SSSR count). The number of anilines is 1. The van der Waals surface area contributed by atoms with Gasteiger partial charge in [0.25, 0.3) is 0 Å². The molecule has 4 aromatic rings. The number of rotatable bonds is 7. The molecule has 0 spiro atoms. The molecule has 3 heterocycles. The number of thiocarbonyl (C=S) groups is 1. The van der Waals surface area contributed by atoms with Crippen molar-refractivity contribution >= 4 is 23.0 Å². The van der Waals surface area contributed by atoms with Crippen molar-refractivity contribution in [3.05, 3.63) is 102 Å². The van der Waals surface area contributed by atoms with Crippen molar-refractivity contribution in [2.75, 3.05) is 12.0 Å². The summed E-state index contributed by atoms with van der Waals surface area (Å²) in [6.07, 6.45) is 1.95. The zero-order valence-corrected chi connectivity index (χ0v) is 22.6. The lowest BCUT2D eigenvalue weighted by molar-refractivity contribution is 0.242. The summed E-state index contributed by atoms with van der Waals surface area (Å²) in [5.41, 5.74) is 6.55. The van der Waals surface area contributed by atoms with Crippen LogP contribution >= 0.6 is 12.2 Å². The molecule has 1 aliphatic heterocycles. The number of nitrogens with one attached hydrogen (secondary N) is 1. The van der Waals surface area contributed by atoms with E-state index in [2.05, 4.69) is 65.0 Å². The molecule has 2 aromatic heterocycles. The van der Waals surface area contributed by atoms with Gasteiger partial charge in [-0.15, -0.1) is 0 Å². The van der Waals surface area contributed by atoms with Gasteiger partial charge in [-0.1, -0.05) is 6.07 Å². The highest BCUT2D eigenvalue weighted by Gasteiger charge is 2.42. The van der Waals surface area contributed by atoms with Crippen molar-refractivity contribution < 1.29 is 9.47 Å². The molecule has 37 heavy (non-hydrogen) atoms. The summed E-state index contributed by atoms with van der Waals surface area (Å²) in [5.74, 6) is 1.68. The number of ether oxygens (including phenoxy) is 2. The maximum Gasteiger partial charge on any atom is 0.174 e. The second-order valence-corrected chi connectivity index (χ2v) is 9.90. The molecule has 1 fully saturated rings. The fourth-order valence-corrected chi connectivity index (χ4v) is 5.47. The van der Waals surface area contributed by atoms with Crippen LogP contribution in [-0.4, -0.2) is 27.9 Å². The van der Waals surface area contributed by atoms with E-state index in [4.69, 9.17) is 26.7 Å². The van der Waals surface area contributed by atoms with Crippen LogP contribution in [0.1, 0.15) is 48.6 Å². The first-order valence-electron chi connectivity index (χ1n) is 12.5. The Morgan fingerprint density at radius 1 is 0.919 bits per heavy atom. The predicted molar refractivity (Wildman–Crippen MR) is 152 cm³/mol. The van der Waals surface area contributed by atoms with Gasteiger partial charge in [0.15, 0.2) is 5.11 Å². The molecule has 0 unspecified atom stereocenters. The molecular formula is C30H32N4O2S. The van der Waals surface area contributed by atoms with E-state index in [0.717, 1.165) is 40.0 Å². The average molecular weight is 513 g/mol. The van der Waals surface area contributed by atoms with E-state index in [1.54, 1.807) is 7.11 Å². The lowest BCUT2D eigenvalue weighted by Crippen LogP contribution is -2.29. The lowest BCUT2D eigenvalue weighted by Gasteiger charge is -2.28. The third-order valence-corrected chi connectivity index (χ3v) is 7.02. The molecule has 6 nitrogen and oxygen atoms in total. The largest absolute Gasteiger partial charge is 0.497 e. The zero-order chi connectivity index (χ0) is 26.1. The number of hydrogen-bond acceptors (Lipinski definition) is 4. The highest BCUT2D eigenvalue weighted by molar-refractivity contribution is 7.80. The van der Waals surface area contributed by atoms with Crippen LogP contribution in [0.3, 0.4) is 0 Å². The Labute approximate surface area is 223 Å². The van der Waals surface area contributed by atoms with E-state index in [1.165, 1.54) is 5.56 Å². The normalized spacial score (nSPS) is 17.2. The van der Waals surface area contributed by atoms with E-state index in [-0.39, 0.29) is 18.2 Å². The van der Waals surface area contributed by atoms with Crippen LogP contribution in [0.25, 0.3) is 5.69 Å². The number of aryl methyl sites for hydroxylation is 1. The lowest BCUT2D eigenvalue weighted by atomic mass is 9.96. The number of nitrogens with zero attached hydrogens (tertiary/aromatic N) is 3. The standard InChI is InChI=1S/C30H32N4O2S/c1-19(2)36-25-15-11-23(12-16-25)34-29(28(32-30(34)37)27-8-6-7-17-31-27)26-18-20(3)33(21(26)4)22-9-13-24(35-5)14-10-22/h6-19,28-29H,1-5H3,(H,32,37)/t28-,29+/m1/s1. The van der Waals surface area contributed by atoms with Crippen molar-refractivity contribution in [1.82, 2.24) is 14.9 Å². The van der Waals surface area contributed by atoms with Crippen LogP contribution in [0.2, 0.25) is 0 Å². The number of pyridine rings is 1. The molecule has 190 valence electrons. The highest BCUT2D eigenvalue weighted by Crippen LogP contribution is 2.44. The minimum atomic E-state index is -0.106. The number of methoxy groups -OCH3 is 1. The average Bonchev–Trinajstić information content (AvgIpc) is 3.39. The molecule has 2 aromatic carbocycles. The minimum Gasteiger partial charge on any atom is -0.497 e. The maximum absolute atomic E-state index is 5.92. The van der Waals surface area contributed by atoms with Gasteiger partial charge in [-0.05, 0) is 112 Å². The molecule has 1 N–H and O–H groups in total. The zero-order valence-electron chi connectivity index (χ0n) is 21.8. The smallest absolute Gasteiger partial charge is 0.174 e. The summed E-state index contributed by atoms with van der Waals surface area (Å²) >= 11 is 5.92. The van der Waals surface area contributed by atoms with Crippen LogP contribution < -0.4 is 19.7 Å². The van der Waals surface area contributed by atoms with E-state index in [0.29, 0.717) is 5.11 Å². The minimum absolute atomic E-state index is 0.0857. The number of benzene rings is 2. The summed E-state index contributed by atoms with van der Waals surface area (Å²) in [5, 5.41) is 4.24. The predicted octanol–water partition coefficient (Wildman–Crippen LogP) is 6.46. The number of aromatic nitrogens is 2. The van der Waals surface area contributed by atoms with Gasteiger partial charge in [-0.2, -0.15) is 0 Å². The van der Waals surface area contributed by atoms with Crippen molar-refractivity contribution in [3.63, 3.8) is 0 Å². The monoisotopic (exact) mass is 512 g/mol. The SMILES string of the molecule is COc1ccc(-n2c(C)cc([C@H]3[C@@H](c4ccccn4)NC(=S)N3c3ccc(OC(C)C)cc3)c2C)cc1. The Morgan fingerprint density at radius 3 is 2.22 bits per heavy atom. The molecule has 2 atom stereocenters. The van der Waals surface area contributed by atoms with Crippen LogP contribution in [0, 0.1) is 13.8 Å². The third-order valence-electron chi connectivity index (χ3n) is 6.70. The summed E-state index contributed by atoms with van der Waals surface area (Å²) in [6.45, 7) is 8.36. The van der Waals surface area contributed by atoms with Gasteiger partial charge in [-0.25, -0.2) is 0 Å². The Bertz CT molecular complexity index is 1380. The van der Waals surface area contributed by atoms with Crippen LogP contribution in [0.5, 0.6) is 11.5 Å². The fraction of sp³-hybridized carbons (Fsp3) is 0.267. The van der Waals surface area contributed by atoms with Crippen molar-refractivity contribution in [3.8, 4) is 17.2 Å². The second-order valence-electron chi connectivity index (χ2n) is 9.52. The Kier molecular flexibility index (Phi) is 6.89. The molecule has 0 radical (unpaired) electrons. The summed E-state index contributed by atoms with van der Waals surface area (Å²) in [4.78, 5) is 6.89. The first-order chi connectivity index (χ1) is 17.9. The van der Waals surface area contributed by atoms with Gasteiger partial charge in [0.1, 0.15) is 11.5 Å².